The van der Waals surface area contributed by atoms with E-state index in [0.717, 1.165) is 43.9 Å². The zero-order valence-corrected chi connectivity index (χ0v) is 20.8. The van der Waals surface area contributed by atoms with Gasteiger partial charge in [0.15, 0.2) is 0 Å². The van der Waals surface area contributed by atoms with Gasteiger partial charge in [0.25, 0.3) is 5.56 Å². The highest BCUT2D eigenvalue weighted by Crippen LogP contribution is 2.18. The summed E-state index contributed by atoms with van der Waals surface area (Å²) in [6, 6.07) is 13.3. The Balaban J connectivity index is 1.43. The molecule has 35 heavy (non-hydrogen) atoms. The zero-order chi connectivity index (χ0) is 24.5. The summed E-state index contributed by atoms with van der Waals surface area (Å²) in [7, 11) is 0. The molecule has 4 aromatic rings. The van der Waals surface area contributed by atoms with Crippen LogP contribution in [0.25, 0.3) is 16.7 Å². The standard InChI is InChI=1S/C25H28N8OS/c1-18(2)8-10-31-23(34)20-5-3-4-6-21(20)33-24(31)28-32(25(33)35)17-29-11-13-30(14-12-29)22-15-19(16-26)7-9-27-22/h3-7,9,15,18H,8,10-14,17H2,1-2H3. The van der Waals surface area contributed by atoms with E-state index in [0.29, 0.717) is 40.6 Å². The third kappa shape index (κ3) is 4.45. The van der Waals surface area contributed by atoms with Crippen LogP contribution in [0.1, 0.15) is 25.8 Å². The first-order valence-corrected chi connectivity index (χ1v) is 12.3. The molecule has 1 fully saturated rings. The van der Waals surface area contributed by atoms with Crippen molar-refractivity contribution in [1.82, 2.24) is 28.6 Å². The minimum atomic E-state index is -0.0263. The van der Waals surface area contributed by atoms with Gasteiger partial charge >= 0.3 is 0 Å². The maximum Gasteiger partial charge on any atom is 0.262 e. The average Bonchev–Trinajstić information content (AvgIpc) is 3.20. The smallest absolute Gasteiger partial charge is 0.262 e. The highest BCUT2D eigenvalue weighted by molar-refractivity contribution is 7.71. The molecule has 0 bridgehead atoms. The van der Waals surface area contributed by atoms with Crippen molar-refractivity contribution in [1.29, 1.82) is 5.26 Å². The van der Waals surface area contributed by atoms with Crippen LogP contribution in [0.2, 0.25) is 0 Å². The Morgan fingerprint density at radius 1 is 1.14 bits per heavy atom. The fraction of sp³-hybridized carbons (Fsp3) is 0.400. The molecular weight excluding hydrogens is 460 g/mol. The topological polar surface area (TPSA) is 87.4 Å². The van der Waals surface area contributed by atoms with Crippen LogP contribution in [0.5, 0.6) is 0 Å². The van der Waals surface area contributed by atoms with Crippen LogP contribution in [-0.2, 0) is 13.2 Å². The maximum atomic E-state index is 13.3. The molecule has 9 nitrogen and oxygen atoms in total. The van der Waals surface area contributed by atoms with Gasteiger partial charge in [-0.15, -0.1) is 5.10 Å². The summed E-state index contributed by atoms with van der Waals surface area (Å²) >= 11 is 5.86. The number of pyridine rings is 1. The molecule has 0 amide bonds. The normalized spacial score (nSPS) is 14.7. The first kappa shape index (κ1) is 23.2. The molecule has 3 aromatic heterocycles. The van der Waals surface area contributed by atoms with Crippen molar-refractivity contribution in [2.75, 3.05) is 31.1 Å². The van der Waals surface area contributed by atoms with Crippen molar-refractivity contribution >= 4 is 34.7 Å². The van der Waals surface area contributed by atoms with E-state index in [2.05, 4.69) is 34.7 Å². The predicted octanol–water partition coefficient (Wildman–Crippen LogP) is 3.27. The Morgan fingerprint density at radius 2 is 1.91 bits per heavy atom. The number of hydrogen-bond donors (Lipinski definition) is 0. The third-order valence-corrected chi connectivity index (χ3v) is 6.91. The van der Waals surface area contributed by atoms with E-state index in [9.17, 15) is 4.79 Å². The van der Waals surface area contributed by atoms with Gasteiger partial charge in [-0.05, 0) is 48.8 Å². The van der Waals surface area contributed by atoms with E-state index >= 15 is 0 Å². The maximum absolute atomic E-state index is 13.3. The largest absolute Gasteiger partial charge is 0.354 e. The van der Waals surface area contributed by atoms with Gasteiger partial charge in [-0.1, -0.05) is 26.0 Å². The Hall–Kier alpha value is -3.55. The second kappa shape index (κ2) is 9.60. The lowest BCUT2D eigenvalue weighted by molar-refractivity contribution is 0.194. The van der Waals surface area contributed by atoms with E-state index < -0.39 is 0 Å². The Bertz CT molecular complexity index is 1540. The van der Waals surface area contributed by atoms with E-state index in [1.165, 1.54) is 0 Å². The number of fused-ring (bicyclic) bond motifs is 3. The summed E-state index contributed by atoms with van der Waals surface area (Å²) in [6.45, 7) is 8.68. The van der Waals surface area contributed by atoms with E-state index in [4.69, 9.17) is 22.6 Å². The lowest BCUT2D eigenvalue weighted by atomic mass is 10.1. The Kier molecular flexibility index (Phi) is 6.36. The first-order valence-electron chi connectivity index (χ1n) is 11.9. The molecule has 0 saturated carbocycles. The summed E-state index contributed by atoms with van der Waals surface area (Å²) in [5.74, 6) is 1.89. The molecule has 0 spiro atoms. The van der Waals surface area contributed by atoms with Gasteiger partial charge in [-0.3, -0.25) is 18.7 Å². The van der Waals surface area contributed by atoms with Crippen molar-refractivity contribution in [2.24, 2.45) is 5.92 Å². The van der Waals surface area contributed by atoms with Crippen molar-refractivity contribution in [3.63, 3.8) is 0 Å². The van der Waals surface area contributed by atoms with Gasteiger partial charge in [0.2, 0.25) is 10.5 Å². The minimum Gasteiger partial charge on any atom is -0.354 e. The molecule has 180 valence electrons. The van der Waals surface area contributed by atoms with Crippen LogP contribution >= 0.6 is 12.2 Å². The molecule has 0 radical (unpaired) electrons. The number of para-hydroxylation sites is 1. The molecule has 1 aliphatic heterocycles. The number of benzene rings is 1. The first-order chi connectivity index (χ1) is 17.0. The second-order valence-electron chi connectivity index (χ2n) is 9.34. The molecule has 5 rings (SSSR count). The summed E-state index contributed by atoms with van der Waals surface area (Å²) in [6.07, 6.45) is 2.57. The molecule has 0 atom stereocenters. The van der Waals surface area contributed by atoms with E-state index in [1.54, 1.807) is 16.8 Å². The summed E-state index contributed by atoms with van der Waals surface area (Å²) in [5.41, 5.74) is 1.38. The molecule has 1 saturated heterocycles. The zero-order valence-electron chi connectivity index (χ0n) is 20.0. The van der Waals surface area contributed by atoms with Gasteiger partial charge in [0.1, 0.15) is 5.82 Å². The summed E-state index contributed by atoms with van der Waals surface area (Å²) in [4.78, 5) is 22.2. The lowest BCUT2D eigenvalue weighted by Gasteiger charge is -2.35. The van der Waals surface area contributed by atoms with Crippen molar-refractivity contribution < 1.29 is 0 Å². The predicted molar refractivity (Wildman–Crippen MR) is 138 cm³/mol. The summed E-state index contributed by atoms with van der Waals surface area (Å²) in [5, 5.41) is 14.7. The molecule has 0 N–H and O–H groups in total. The number of rotatable bonds is 6. The van der Waals surface area contributed by atoms with Gasteiger partial charge in [0.05, 0.1) is 29.2 Å². The lowest BCUT2D eigenvalue weighted by Crippen LogP contribution is -2.47. The molecular formula is C25H28N8OS. The summed E-state index contributed by atoms with van der Waals surface area (Å²) < 4.78 is 6.10. The van der Waals surface area contributed by atoms with Crippen LogP contribution in [0.15, 0.2) is 47.4 Å². The SMILES string of the molecule is CC(C)CCn1c(=O)c2ccccc2n2c(=S)n(CN3CCN(c4cc(C#N)ccn4)CC3)nc12. The fourth-order valence-electron chi connectivity index (χ4n) is 4.52. The molecule has 1 aromatic carbocycles. The Morgan fingerprint density at radius 3 is 2.66 bits per heavy atom. The highest BCUT2D eigenvalue weighted by atomic mass is 32.1. The van der Waals surface area contributed by atoms with Crippen LogP contribution in [-0.4, -0.2) is 54.8 Å². The molecule has 4 heterocycles. The molecule has 0 unspecified atom stereocenters. The minimum absolute atomic E-state index is 0.0263. The number of anilines is 1. The van der Waals surface area contributed by atoms with Crippen LogP contribution in [0, 0.1) is 22.0 Å². The third-order valence-electron chi connectivity index (χ3n) is 6.52. The van der Waals surface area contributed by atoms with Crippen molar-refractivity contribution in [3.05, 3.63) is 63.3 Å². The van der Waals surface area contributed by atoms with Gasteiger partial charge in [0, 0.05) is 38.9 Å². The van der Waals surface area contributed by atoms with E-state index in [1.807, 2.05) is 39.4 Å². The van der Waals surface area contributed by atoms with E-state index in [-0.39, 0.29) is 5.56 Å². The molecule has 10 heteroatoms. The van der Waals surface area contributed by atoms with Crippen molar-refractivity contribution in [3.8, 4) is 6.07 Å². The number of aromatic nitrogens is 5. The quantitative estimate of drug-likeness (QED) is 0.385. The number of aryl methyl sites for hydroxylation is 1. The van der Waals surface area contributed by atoms with Crippen LogP contribution in [0.4, 0.5) is 5.82 Å². The number of nitrogens with zero attached hydrogens (tertiary/aromatic N) is 8. The number of piperazine rings is 1. The van der Waals surface area contributed by atoms with Gasteiger partial charge < -0.3 is 4.90 Å². The molecule has 0 aliphatic carbocycles. The number of hydrogen-bond acceptors (Lipinski definition) is 7. The van der Waals surface area contributed by atoms with Crippen LogP contribution < -0.4 is 10.5 Å². The van der Waals surface area contributed by atoms with Gasteiger partial charge in [-0.25, -0.2) is 9.67 Å². The fourth-order valence-corrected chi connectivity index (χ4v) is 4.80. The average molecular weight is 489 g/mol. The Labute approximate surface area is 208 Å². The number of nitriles is 1. The molecule has 1 aliphatic rings. The second-order valence-corrected chi connectivity index (χ2v) is 9.70. The monoisotopic (exact) mass is 488 g/mol. The van der Waals surface area contributed by atoms with Crippen LogP contribution in [0.3, 0.4) is 0 Å². The highest BCUT2D eigenvalue weighted by Gasteiger charge is 2.21. The van der Waals surface area contributed by atoms with Crippen molar-refractivity contribution in [2.45, 2.75) is 33.5 Å². The van der Waals surface area contributed by atoms with Gasteiger partial charge in [-0.2, -0.15) is 5.26 Å².